The summed E-state index contributed by atoms with van der Waals surface area (Å²) in [5.41, 5.74) is 4.62. The minimum absolute atomic E-state index is 0.0597. The predicted molar refractivity (Wildman–Crippen MR) is 135 cm³/mol. The molecule has 0 radical (unpaired) electrons. The van der Waals surface area contributed by atoms with Crippen molar-refractivity contribution in [1.82, 2.24) is 36.4 Å². The third-order valence-corrected chi connectivity index (χ3v) is 6.46. The average Bonchev–Trinajstić information content (AvgIpc) is 3.39. The number of nitrogens with one attached hydrogen (secondary N) is 4. The Morgan fingerprint density at radius 3 is 2.50 bits per heavy atom. The van der Waals surface area contributed by atoms with Gasteiger partial charge >= 0.3 is 18.2 Å². The van der Waals surface area contributed by atoms with Gasteiger partial charge in [0.2, 0.25) is 0 Å². The van der Waals surface area contributed by atoms with Crippen molar-refractivity contribution < 1.29 is 27.6 Å². The van der Waals surface area contributed by atoms with Crippen molar-refractivity contribution in [3.63, 3.8) is 0 Å². The zero-order valence-corrected chi connectivity index (χ0v) is 21.7. The predicted octanol–water partition coefficient (Wildman–Crippen LogP) is 3.50. The van der Waals surface area contributed by atoms with Gasteiger partial charge < -0.3 is 10.2 Å². The van der Waals surface area contributed by atoms with Crippen LogP contribution in [0.1, 0.15) is 59.7 Å². The number of rotatable bonds is 6. The number of carbonyl (C=O) groups is 3. The van der Waals surface area contributed by atoms with E-state index >= 15 is 0 Å². The molecule has 0 spiro atoms. The van der Waals surface area contributed by atoms with E-state index in [1.165, 1.54) is 29.6 Å². The van der Waals surface area contributed by atoms with Gasteiger partial charge in [0.25, 0.3) is 5.91 Å². The molecule has 204 valence electrons. The lowest BCUT2D eigenvalue weighted by Gasteiger charge is -2.23. The quantitative estimate of drug-likeness (QED) is 0.406. The first kappa shape index (κ1) is 28.6. The first-order valence-corrected chi connectivity index (χ1v) is 12.6. The molecule has 5 amide bonds. The summed E-state index contributed by atoms with van der Waals surface area (Å²) >= 11 is 0.834. The minimum atomic E-state index is -4.61. The highest BCUT2D eigenvalue weighted by atomic mass is 32.1. The molecule has 0 fully saturated rings. The van der Waals surface area contributed by atoms with Crippen LogP contribution in [0.3, 0.4) is 0 Å². The van der Waals surface area contributed by atoms with Crippen molar-refractivity contribution in [3.8, 4) is 0 Å². The zero-order valence-electron chi connectivity index (χ0n) is 20.8. The topological polar surface area (TPSA) is 141 Å². The van der Waals surface area contributed by atoms with Gasteiger partial charge in [-0.15, -0.1) is 11.3 Å². The summed E-state index contributed by atoms with van der Waals surface area (Å²) in [6.07, 6.45) is -0.411. The third-order valence-electron chi connectivity index (χ3n) is 5.51. The summed E-state index contributed by atoms with van der Waals surface area (Å²) in [6.45, 7) is 6.62. The molecule has 1 aliphatic rings. The van der Waals surface area contributed by atoms with Gasteiger partial charge in [-0.25, -0.2) is 25.0 Å². The van der Waals surface area contributed by atoms with Crippen LogP contribution in [-0.2, 0) is 6.18 Å². The number of halogens is 3. The number of carbonyl (C=O) groups excluding carboxylic acids is 3. The van der Waals surface area contributed by atoms with Gasteiger partial charge in [-0.1, -0.05) is 0 Å². The molecule has 0 saturated heterocycles. The molecule has 2 aromatic rings. The van der Waals surface area contributed by atoms with Crippen molar-refractivity contribution in [2.45, 2.75) is 39.3 Å². The molecule has 0 aromatic carbocycles. The fraction of sp³-hybridized carbons (Fsp3) is 0.391. The van der Waals surface area contributed by atoms with Crippen LogP contribution in [0.5, 0.6) is 0 Å². The Labute approximate surface area is 220 Å². The highest BCUT2D eigenvalue weighted by Gasteiger charge is 2.36. The lowest BCUT2D eigenvalue weighted by Crippen LogP contribution is -2.48. The SMILES string of the molecule is CCNC(=O)NC1=NC=C(c2cncc(C(=O)NNC(=O)N(CC)CC)c2)C(c2nc(C(F)(F)F)cs2)C1. The Hall–Kier alpha value is -4.01. The number of alkyl halides is 3. The van der Waals surface area contributed by atoms with Gasteiger partial charge in [-0.3, -0.25) is 20.5 Å². The first-order chi connectivity index (χ1) is 18.1. The van der Waals surface area contributed by atoms with Gasteiger partial charge in [0.1, 0.15) is 10.8 Å². The maximum atomic E-state index is 13.2. The summed E-state index contributed by atoms with van der Waals surface area (Å²) in [5, 5.41) is 6.25. The molecule has 1 unspecified atom stereocenters. The van der Waals surface area contributed by atoms with Gasteiger partial charge in [0.15, 0.2) is 5.69 Å². The normalized spacial score (nSPS) is 15.2. The van der Waals surface area contributed by atoms with E-state index in [1.807, 2.05) is 0 Å². The Morgan fingerprint density at radius 1 is 1.13 bits per heavy atom. The van der Waals surface area contributed by atoms with E-state index in [4.69, 9.17) is 0 Å². The molecule has 15 heteroatoms. The second kappa shape index (κ2) is 12.5. The number of aliphatic imine (C=N–C) groups is 1. The van der Waals surface area contributed by atoms with E-state index in [0.29, 0.717) is 30.8 Å². The summed E-state index contributed by atoms with van der Waals surface area (Å²) in [5.74, 6) is -1.09. The maximum Gasteiger partial charge on any atom is 0.434 e. The molecule has 1 atom stereocenters. The molecule has 11 nitrogen and oxygen atoms in total. The van der Waals surface area contributed by atoms with E-state index in [9.17, 15) is 27.6 Å². The number of hydrogen-bond acceptors (Lipinski definition) is 7. The zero-order chi connectivity index (χ0) is 27.9. The van der Waals surface area contributed by atoms with Crippen molar-refractivity contribution >= 4 is 40.7 Å². The number of pyridine rings is 1. The third kappa shape index (κ3) is 7.06. The summed E-state index contributed by atoms with van der Waals surface area (Å²) in [4.78, 5) is 50.4. The molecule has 2 aromatic heterocycles. The molecule has 0 saturated carbocycles. The Morgan fingerprint density at radius 2 is 1.87 bits per heavy atom. The molecule has 1 aliphatic heterocycles. The van der Waals surface area contributed by atoms with Crippen molar-refractivity contribution in [2.24, 2.45) is 4.99 Å². The highest BCUT2D eigenvalue weighted by molar-refractivity contribution is 7.09. The van der Waals surface area contributed by atoms with E-state index in [-0.39, 0.29) is 22.8 Å². The first-order valence-electron chi connectivity index (χ1n) is 11.7. The number of amides is 5. The number of thiazole rings is 1. The molecule has 0 bridgehead atoms. The largest absolute Gasteiger partial charge is 0.434 e. The number of hydrazine groups is 1. The van der Waals surface area contributed by atoms with Gasteiger partial charge in [0, 0.05) is 55.9 Å². The average molecular weight is 553 g/mol. The van der Waals surface area contributed by atoms with E-state index in [1.54, 1.807) is 20.8 Å². The van der Waals surface area contributed by atoms with Crippen molar-refractivity contribution in [3.05, 3.63) is 51.9 Å². The minimum Gasteiger partial charge on any atom is -0.338 e. The van der Waals surface area contributed by atoms with E-state index in [2.05, 4.69) is 36.4 Å². The van der Waals surface area contributed by atoms with E-state index < -0.39 is 35.8 Å². The Bertz CT molecular complexity index is 1240. The van der Waals surface area contributed by atoms with Crippen molar-refractivity contribution in [1.29, 1.82) is 0 Å². The Balaban J connectivity index is 1.89. The molecular weight excluding hydrogens is 525 g/mol. The number of aromatic nitrogens is 2. The van der Waals surface area contributed by atoms with Crippen LogP contribution in [0.2, 0.25) is 0 Å². The number of urea groups is 2. The standard InChI is InChI=1S/C23H27F3N8O3S/c1-4-28-21(36)31-18-8-15(20-30-17(12-38-20)23(24,25)26)16(11-29-18)13-7-14(10-27-9-13)19(35)32-33-22(37)34(5-2)6-3/h7,9-12,15H,4-6,8H2,1-3H3,(H,32,35)(H,33,37)(H2,28,29,31,36). The number of allylic oxidation sites excluding steroid dienone is 1. The summed E-state index contributed by atoms with van der Waals surface area (Å²) < 4.78 is 39.7. The fourth-order valence-corrected chi connectivity index (χ4v) is 4.53. The summed E-state index contributed by atoms with van der Waals surface area (Å²) in [7, 11) is 0. The van der Waals surface area contributed by atoms with Crippen LogP contribution in [0, 0.1) is 0 Å². The number of hydrogen-bond donors (Lipinski definition) is 4. The number of nitrogens with zero attached hydrogens (tertiary/aromatic N) is 4. The van der Waals surface area contributed by atoms with Gasteiger partial charge in [-0.2, -0.15) is 13.2 Å². The number of amidine groups is 1. The second-order valence-corrected chi connectivity index (χ2v) is 8.88. The van der Waals surface area contributed by atoms with Gasteiger partial charge in [0.05, 0.1) is 5.56 Å². The van der Waals surface area contributed by atoms with Crippen molar-refractivity contribution in [2.75, 3.05) is 19.6 Å². The fourth-order valence-electron chi connectivity index (χ4n) is 3.58. The summed E-state index contributed by atoms with van der Waals surface area (Å²) in [6, 6.07) is 0.512. The van der Waals surface area contributed by atoms with E-state index in [0.717, 1.165) is 16.7 Å². The van der Waals surface area contributed by atoms with Crippen LogP contribution in [0.15, 0.2) is 35.0 Å². The molecule has 38 heavy (non-hydrogen) atoms. The molecule has 3 rings (SSSR count). The van der Waals surface area contributed by atoms with Crippen LogP contribution in [0.4, 0.5) is 22.8 Å². The van der Waals surface area contributed by atoms with Gasteiger partial charge in [-0.05, 0) is 38.0 Å². The van der Waals surface area contributed by atoms with Crippen LogP contribution in [0.25, 0.3) is 5.57 Å². The molecule has 4 N–H and O–H groups in total. The second-order valence-electron chi connectivity index (χ2n) is 7.99. The molecular formula is C23H27F3N8O3S. The monoisotopic (exact) mass is 552 g/mol. The lowest BCUT2D eigenvalue weighted by molar-refractivity contribution is -0.140. The highest BCUT2D eigenvalue weighted by Crippen LogP contribution is 2.40. The molecule has 3 heterocycles. The smallest absolute Gasteiger partial charge is 0.338 e. The van der Waals surface area contributed by atoms with Crippen LogP contribution in [-0.4, -0.2) is 58.3 Å². The Kier molecular flexibility index (Phi) is 9.39. The maximum absolute atomic E-state index is 13.2. The van der Waals surface area contributed by atoms with Crippen LogP contribution < -0.4 is 21.5 Å². The molecule has 0 aliphatic carbocycles. The lowest BCUT2D eigenvalue weighted by atomic mass is 9.89. The van der Waals surface area contributed by atoms with Crippen LogP contribution >= 0.6 is 11.3 Å².